The van der Waals surface area contributed by atoms with Crippen LogP contribution in [-0.2, 0) is 0 Å². The van der Waals surface area contributed by atoms with Crippen molar-refractivity contribution in [3.05, 3.63) is 29.3 Å². The second kappa shape index (κ2) is 6.33. The SMILES string of the molecule is CSC1CCCC(NC(=O)c2cccc(N)c2C)C1. The lowest BCUT2D eigenvalue weighted by atomic mass is 9.94. The van der Waals surface area contributed by atoms with Crippen LogP contribution >= 0.6 is 11.8 Å². The molecular weight excluding hydrogens is 256 g/mol. The summed E-state index contributed by atoms with van der Waals surface area (Å²) < 4.78 is 0. The van der Waals surface area contributed by atoms with Gasteiger partial charge in [-0.3, -0.25) is 4.79 Å². The fraction of sp³-hybridized carbons (Fsp3) is 0.533. The average molecular weight is 278 g/mol. The van der Waals surface area contributed by atoms with Gasteiger partial charge in [-0.05, 0) is 50.1 Å². The Morgan fingerprint density at radius 3 is 2.95 bits per heavy atom. The maximum atomic E-state index is 12.3. The molecule has 2 unspecified atom stereocenters. The molecule has 2 rings (SSSR count). The molecule has 4 heteroatoms. The highest BCUT2D eigenvalue weighted by Gasteiger charge is 2.23. The fourth-order valence-corrected chi connectivity index (χ4v) is 3.48. The monoisotopic (exact) mass is 278 g/mol. The Kier molecular flexibility index (Phi) is 4.75. The standard InChI is InChI=1S/C15H22N2OS/c1-10-13(7-4-8-14(10)16)15(18)17-11-5-3-6-12(9-11)19-2/h4,7-8,11-12H,3,5-6,9,16H2,1-2H3,(H,17,18). The number of hydrogen-bond acceptors (Lipinski definition) is 3. The van der Waals surface area contributed by atoms with Crippen molar-refractivity contribution >= 4 is 23.4 Å². The first-order valence-electron chi connectivity index (χ1n) is 6.80. The molecule has 3 N–H and O–H groups in total. The van der Waals surface area contributed by atoms with Crippen LogP contribution in [0.3, 0.4) is 0 Å². The zero-order chi connectivity index (χ0) is 13.8. The van der Waals surface area contributed by atoms with Gasteiger partial charge >= 0.3 is 0 Å². The molecular formula is C15H22N2OS. The number of thioether (sulfide) groups is 1. The Morgan fingerprint density at radius 1 is 1.42 bits per heavy atom. The van der Waals surface area contributed by atoms with Crippen LogP contribution in [0.4, 0.5) is 5.69 Å². The Balaban J connectivity index is 2.02. The van der Waals surface area contributed by atoms with Crippen LogP contribution in [0.2, 0.25) is 0 Å². The third kappa shape index (κ3) is 3.44. The van der Waals surface area contributed by atoms with E-state index in [1.165, 1.54) is 12.8 Å². The van der Waals surface area contributed by atoms with Gasteiger partial charge in [0.1, 0.15) is 0 Å². The predicted octanol–water partition coefficient (Wildman–Crippen LogP) is 2.98. The van der Waals surface area contributed by atoms with Gasteiger partial charge in [0.15, 0.2) is 0 Å². The first-order valence-corrected chi connectivity index (χ1v) is 8.09. The van der Waals surface area contributed by atoms with Crippen molar-refractivity contribution in [2.24, 2.45) is 0 Å². The van der Waals surface area contributed by atoms with Crippen molar-refractivity contribution in [3.8, 4) is 0 Å². The number of hydrogen-bond donors (Lipinski definition) is 2. The number of nitrogens with one attached hydrogen (secondary N) is 1. The summed E-state index contributed by atoms with van der Waals surface area (Å²) in [6, 6.07) is 5.81. The molecule has 0 heterocycles. The van der Waals surface area contributed by atoms with E-state index in [2.05, 4.69) is 11.6 Å². The Bertz CT molecular complexity index is 461. The van der Waals surface area contributed by atoms with Crippen molar-refractivity contribution in [1.82, 2.24) is 5.32 Å². The van der Waals surface area contributed by atoms with Crippen molar-refractivity contribution in [2.45, 2.75) is 43.9 Å². The predicted molar refractivity (Wildman–Crippen MR) is 82.6 cm³/mol. The summed E-state index contributed by atoms with van der Waals surface area (Å²) in [5.74, 6) is 0.0107. The summed E-state index contributed by atoms with van der Waals surface area (Å²) >= 11 is 1.91. The van der Waals surface area contributed by atoms with Crippen LogP contribution in [-0.4, -0.2) is 23.5 Å². The van der Waals surface area contributed by atoms with Gasteiger partial charge in [0.05, 0.1) is 0 Å². The molecule has 3 nitrogen and oxygen atoms in total. The Hall–Kier alpha value is -1.16. The Morgan fingerprint density at radius 2 is 2.21 bits per heavy atom. The summed E-state index contributed by atoms with van der Waals surface area (Å²) in [4.78, 5) is 12.3. The van der Waals surface area contributed by atoms with Gasteiger partial charge < -0.3 is 11.1 Å². The lowest BCUT2D eigenvalue weighted by molar-refractivity contribution is 0.0928. The molecule has 0 aromatic heterocycles. The summed E-state index contributed by atoms with van der Waals surface area (Å²) in [5, 5.41) is 3.84. The number of benzene rings is 1. The molecule has 0 bridgehead atoms. The van der Waals surface area contributed by atoms with Gasteiger partial charge in [0, 0.05) is 22.5 Å². The molecule has 1 aliphatic rings. The average Bonchev–Trinajstić information content (AvgIpc) is 2.42. The van der Waals surface area contributed by atoms with Crippen molar-refractivity contribution in [1.29, 1.82) is 0 Å². The maximum absolute atomic E-state index is 12.3. The van der Waals surface area contributed by atoms with Gasteiger partial charge in [-0.15, -0.1) is 0 Å². The second-order valence-electron chi connectivity index (χ2n) is 5.21. The van der Waals surface area contributed by atoms with E-state index in [0.717, 1.165) is 18.4 Å². The zero-order valence-corrected chi connectivity index (χ0v) is 12.4. The molecule has 1 aromatic rings. The number of nitrogen functional groups attached to an aromatic ring is 1. The van der Waals surface area contributed by atoms with E-state index in [4.69, 9.17) is 5.73 Å². The minimum Gasteiger partial charge on any atom is -0.398 e. The van der Waals surface area contributed by atoms with E-state index < -0.39 is 0 Å². The van der Waals surface area contributed by atoms with Gasteiger partial charge in [0.25, 0.3) is 5.91 Å². The zero-order valence-electron chi connectivity index (χ0n) is 11.6. The number of nitrogens with two attached hydrogens (primary N) is 1. The molecule has 1 fully saturated rings. The quantitative estimate of drug-likeness (QED) is 0.836. The third-order valence-corrected chi connectivity index (χ3v) is 5.01. The third-order valence-electron chi connectivity index (χ3n) is 3.91. The molecule has 0 radical (unpaired) electrons. The molecule has 0 saturated heterocycles. The largest absolute Gasteiger partial charge is 0.398 e. The van der Waals surface area contributed by atoms with Gasteiger partial charge in [-0.1, -0.05) is 12.5 Å². The van der Waals surface area contributed by atoms with Crippen LogP contribution < -0.4 is 11.1 Å². The van der Waals surface area contributed by atoms with E-state index in [1.54, 1.807) is 0 Å². The molecule has 1 aromatic carbocycles. The van der Waals surface area contributed by atoms with Gasteiger partial charge in [-0.2, -0.15) is 11.8 Å². The summed E-state index contributed by atoms with van der Waals surface area (Å²) in [5.41, 5.74) is 8.10. The normalized spacial score (nSPS) is 23.1. The first kappa shape index (κ1) is 14.3. The van der Waals surface area contributed by atoms with E-state index in [-0.39, 0.29) is 5.91 Å². The van der Waals surface area contributed by atoms with Crippen LogP contribution in [0, 0.1) is 6.92 Å². The lowest BCUT2D eigenvalue weighted by Crippen LogP contribution is -2.39. The molecule has 1 saturated carbocycles. The molecule has 0 aliphatic heterocycles. The number of anilines is 1. The lowest BCUT2D eigenvalue weighted by Gasteiger charge is -2.28. The molecule has 0 spiro atoms. The molecule has 2 atom stereocenters. The highest BCUT2D eigenvalue weighted by Crippen LogP contribution is 2.27. The van der Waals surface area contributed by atoms with E-state index in [9.17, 15) is 4.79 Å². The molecule has 104 valence electrons. The van der Waals surface area contributed by atoms with Crippen molar-refractivity contribution in [2.75, 3.05) is 12.0 Å². The van der Waals surface area contributed by atoms with E-state index in [0.29, 0.717) is 22.5 Å². The van der Waals surface area contributed by atoms with Crippen LogP contribution in [0.1, 0.15) is 41.6 Å². The maximum Gasteiger partial charge on any atom is 0.251 e. The van der Waals surface area contributed by atoms with Crippen molar-refractivity contribution in [3.63, 3.8) is 0 Å². The highest BCUT2D eigenvalue weighted by molar-refractivity contribution is 7.99. The topological polar surface area (TPSA) is 55.1 Å². The first-order chi connectivity index (χ1) is 9.11. The van der Waals surface area contributed by atoms with Gasteiger partial charge in [-0.25, -0.2) is 0 Å². The number of carbonyl (C=O) groups is 1. The number of carbonyl (C=O) groups excluding carboxylic acids is 1. The Labute approximate surface area is 119 Å². The highest BCUT2D eigenvalue weighted by atomic mass is 32.2. The summed E-state index contributed by atoms with van der Waals surface area (Å²) in [6.07, 6.45) is 6.78. The van der Waals surface area contributed by atoms with Gasteiger partial charge in [0.2, 0.25) is 0 Å². The smallest absolute Gasteiger partial charge is 0.251 e. The summed E-state index contributed by atoms with van der Waals surface area (Å²) in [6.45, 7) is 1.90. The molecule has 1 aliphatic carbocycles. The fourth-order valence-electron chi connectivity index (χ4n) is 2.65. The van der Waals surface area contributed by atoms with E-state index >= 15 is 0 Å². The number of amides is 1. The van der Waals surface area contributed by atoms with Crippen LogP contribution in [0.15, 0.2) is 18.2 Å². The summed E-state index contributed by atoms with van der Waals surface area (Å²) in [7, 11) is 0. The minimum atomic E-state index is 0.0107. The minimum absolute atomic E-state index is 0.0107. The van der Waals surface area contributed by atoms with Crippen molar-refractivity contribution < 1.29 is 4.79 Å². The van der Waals surface area contributed by atoms with Crippen LogP contribution in [0.5, 0.6) is 0 Å². The molecule has 1 amide bonds. The number of rotatable bonds is 3. The van der Waals surface area contributed by atoms with E-state index in [1.807, 2.05) is 36.9 Å². The van der Waals surface area contributed by atoms with Crippen LogP contribution in [0.25, 0.3) is 0 Å². The second-order valence-corrected chi connectivity index (χ2v) is 6.35. The molecule has 19 heavy (non-hydrogen) atoms.